The molecular formula is C22H20N5O6S-. The molecule has 1 heterocycles. The first-order valence-corrected chi connectivity index (χ1v) is 11.0. The summed E-state index contributed by atoms with van der Waals surface area (Å²) in [5, 5.41) is 27.5. The van der Waals surface area contributed by atoms with Crippen LogP contribution in [0, 0.1) is 10.1 Å². The summed E-state index contributed by atoms with van der Waals surface area (Å²) in [6, 6.07) is 21.8. The molecule has 0 fully saturated rings. The van der Waals surface area contributed by atoms with Gasteiger partial charge >= 0.3 is 0 Å². The molecule has 1 aliphatic rings. The fourth-order valence-electron chi connectivity index (χ4n) is 2.70. The first-order valence-electron chi connectivity index (χ1n) is 9.88. The average Bonchev–Trinajstić information content (AvgIpc) is 2.88. The third-order valence-corrected chi connectivity index (χ3v) is 4.96. The van der Waals surface area contributed by atoms with E-state index in [0.29, 0.717) is 17.4 Å². The van der Waals surface area contributed by atoms with Crippen molar-refractivity contribution in [2.24, 2.45) is 10.2 Å². The molecule has 0 spiro atoms. The fraction of sp³-hybridized carbons (Fsp3) is 0.0909. The monoisotopic (exact) mass is 482 g/mol. The second kappa shape index (κ2) is 12.2. The molecule has 176 valence electrons. The van der Waals surface area contributed by atoms with Gasteiger partial charge in [0, 0.05) is 28.2 Å². The molecule has 12 heteroatoms. The molecule has 1 aliphatic heterocycles. The highest BCUT2D eigenvalue weighted by Gasteiger charge is 2.11. The van der Waals surface area contributed by atoms with Gasteiger partial charge in [-0.05, 0) is 35.3 Å². The molecule has 0 saturated heterocycles. The number of aliphatic hydroxyl groups excluding tert-OH is 1. The van der Waals surface area contributed by atoms with Gasteiger partial charge in [0.15, 0.2) is 11.7 Å². The van der Waals surface area contributed by atoms with Crippen molar-refractivity contribution in [3.05, 3.63) is 100 Å². The Kier molecular flexibility index (Phi) is 8.80. The Morgan fingerprint density at radius 3 is 2.09 bits per heavy atom. The molecule has 3 aromatic carbocycles. The first kappa shape index (κ1) is 24.5. The molecule has 4 rings (SSSR count). The van der Waals surface area contributed by atoms with Crippen LogP contribution in [-0.2, 0) is 11.1 Å². The molecule has 0 saturated carbocycles. The zero-order chi connectivity index (χ0) is 24.3. The lowest BCUT2D eigenvalue weighted by Gasteiger charge is -2.15. The quantitative estimate of drug-likeness (QED) is 0.262. The first-order chi connectivity index (χ1) is 16.5. The lowest BCUT2D eigenvalue weighted by Crippen LogP contribution is -2.34. The number of nitrogens with one attached hydrogen (secondary N) is 2. The minimum absolute atomic E-state index is 0.0181. The molecule has 0 radical (unpaired) electrons. The Labute approximate surface area is 197 Å². The van der Waals surface area contributed by atoms with E-state index >= 15 is 0 Å². The smallest absolute Gasteiger partial charge is 0.269 e. The number of non-ortho nitro benzene ring substituents is 1. The molecule has 3 N–H and O–H groups in total. The second-order valence-electron chi connectivity index (χ2n) is 6.60. The molecule has 1 unspecified atom stereocenters. The second-order valence-corrected chi connectivity index (χ2v) is 7.54. The van der Waals surface area contributed by atoms with Crippen molar-refractivity contribution in [3.8, 4) is 5.75 Å². The van der Waals surface area contributed by atoms with E-state index in [4.69, 9.17) is 9.84 Å². The number of benzene rings is 3. The normalized spacial score (nSPS) is 13.1. The van der Waals surface area contributed by atoms with Crippen LogP contribution in [0.4, 0.5) is 5.69 Å². The summed E-state index contributed by atoms with van der Waals surface area (Å²) in [4.78, 5) is 9.59. The third-order valence-electron chi connectivity index (χ3n) is 4.30. The molecule has 1 atom stereocenters. The number of aliphatic hydroxyl groups is 1. The van der Waals surface area contributed by atoms with E-state index in [-0.39, 0.29) is 23.8 Å². The van der Waals surface area contributed by atoms with Crippen LogP contribution in [0.3, 0.4) is 0 Å². The number of amidine groups is 2. The Morgan fingerprint density at radius 1 is 0.912 bits per heavy atom. The van der Waals surface area contributed by atoms with Gasteiger partial charge in [0.25, 0.3) is 5.69 Å². The fourth-order valence-corrected chi connectivity index (χ4v) is 3.06. The van der Waals surface area contributed by atoms with Gasteiger partial charge in [-0.1, -0.05) is 42.5 Å². The molecule has 3 aromatic rings. The van der Waals surface area contributed by atoms with E-state index in [1.54, 1.807) is 0 Å². The molecule has 0 bridgehead atoms. The molecule has 0 aromatic heterocycles. The summed E-state index contributed by atoms with van der Waals surface area (Å²) in [5.74, 6) is 1.94. The average molecular weight is 482 g/mol. The number of rotatable bonds is 7. The largest absolute Gasteiger partial charge is 0.768 e. The van der Waals surface area contributed by atoms with E-state index < -0.39 is 16.0 Å². The van der Waals surface area contributed by atoms with Crippen LogP contribution >= 0.6 is 0 Å². The Morgan fingerprint density at radius 2 is 1.53 bits per heavy atom. The zero-order valence-electron chi connectivity index (χ0n) is 17.7. The highest BCUT2D eigenvalue weighted by atomic mass is 32.2. The molecule has 0 aliphatic carbocycles. The number of hydrazone groups is 2. The topological polar surface area (TPSA) is 162 Å². The number of nitro groups is 1. The van der Waals surface area contributed by atoms with Crippen LogP contribution in [0.25, 0.3) is 0 Å². The maximum absolute atomic E-state index is 10.3. The van der Waals surface area contributed by atoms with E-state index in [1.807, 2.05) is 54.6 Å². The van der Waals surface area contributed by atoms with Crippen LogP contribution in [0.15, 0.2) is 94.0 Å². The lowest BCUT2D eigenvalue weighted by molar-refractivity contribution is -0.384. The number of nitrogens with zero attached hydrogens (tertiary/aromatic N) is 3. The van der Waals surface area contributed by atoms with Gasteiger partial charge in [0.05, 0.1) is 11.5 Å². The van der Waals surface area contributed by atoms with Crippen molar-refractivity contribution in [3.63, 3.8) is 0 Å². The summed E-state index contributed by atoms with van der Waals surface area (Å²) in [5.41, 5.74) is 7.56. The molecular weight excluding hydrogens is 462 g/mol. The van der Waals surface area contributed by atoms with Gasteiger partial charge in [-0.3, -0.25) is 25.2 Å². The van der Waals surface area contributed by atoms with E-state index in [9.17, 15) is 18.9 Å². The number of hydrogen-bond donors (Lipinski definition) is 3. The van der Waals surface area contributed by atoms with Crippen molar-refractivity contribution in [1.29, 1.82) is 0 Å². The maximum atomic E-state index is 10.3. The number of hydrogen-bond acceptors (Lipinski definition) is 10. The predicted octanol–water partition coefficient (Wildman–Crippen LogP) is 2.11. The van der Waals surface area contributed by atoms with Gasteiger partial charge in [-0.2, -0.15) is 10.2 Å². The summed E-state index contributed by atoms with van der Waals surface area (Å²) in [7, 11) is 0. The van der Waals surface area contributed by atoms with Crippen molar-refractivity contribution in [2.45, 2.75) is 4.90 Å². The van der Waals surface area contributed by atoms with Crippen LogP contribution in [-0.4, -0.2) is 43.7 Å². The Hall–Kier alpha value is -4.13. The van der Waals surface area contributed by atoms with E-state index in [0.717, 1.165) is 23.3 Å². The van der Waals surface area contributed by atoms with E-state index in [2.05, 4.69) is 21.1 Å². The Bertz CT molecular complexity index is 1170. The summed E-state index contributed by atoms with van der Waals surface area (Å²) in [6.07, 6.45) is 0. The maximum Gasteiger partial charge on any atom is 0.269 e. The van der Waals surface area contributed by atoms with Crippen molar-refractivity contribution >= 4 is 28.4 Å². The molecule has 34 heavy (non-hydrogen) atoms. The minimum Gasteiger partial charge on any atom is -0.768 e. The van der Waals surface area contributed by atoms with Crippen molar-refractivity contribution in [1.82, 2.24) is 10.9 Å². The van der Waals surface area contributed by atoms with Crippen LogP contribution in [0.2, 0.25) is 0 Å². The SMILES string of the molecule is O=[N+]([O-])c1ccc(S(=O)[O-])cc1.OCCOc1cccc(C2=NNC(c3ccccc3)=NN2)c1. The van der Waals surface area contributed by atoms with Crippen LogP contribution in [0.1, 0.15) is 11.1 Å². The summed E-state index contributed by atoms with van der Waals surface area (Å²) >= 11 is -2.32. The third kappa shape index (κ3) is 6.93. The zero-order valence-corrected chi connectivity index (χ0v) is 18.5. The molecule has 11 nitrogen and oxygen atoms in total. The van der Waals surface area contributed by atoms with Crippen molar-refractivity contribution in [2.75, 3.05) is 13.2 Å². The highest BCUT2D eigenvalue weighted by molar-refractivity contribution is 7.79. The predicted molar refractivity (Wildman–Crippen MR) is 125 cm³/mol. The van der Waals surface area contributed by atoms with Crippen LogP contribution < -0.4 is 15.6 Å². The highest BCUT2D eigenvalue weighted by Crippen LogP contribution is 2.15. The standard InChI is InChI=1S/C16H16N4O2.C6H5NO4S/c21-9-10-22-14-8-4-7-13(11-14)16-19-17-15(18-20-16)12-5-2-1-3-6-12;8-7(9)5-1-3-6(4-2-5)12(10)11/h1-8,11,21H,9-10H2,(H,17,18)(H,19,20);1-4H,(H,10,11)/p-1. The van der Waals surface area contributed by atoms with Gasteiger partial charge < -0.3 is 14.4 Å². The summed E-state index contributed by atoms with van der Waals surface area (Å²) in [6.45, 7) is 0.244. The van der Waals surface area contributed by atoms with Gasteiger partial charge in [0.2, 0.25) is 0 Å². The Balaban J connectivity index is 0.000000229. The van der Waals surface area contributed by atoms with Gasteiger partial charge in [0.1, 0.15) is 12.4 Å². The van der Waals surface area contributed by atoms with Gasteiger partial charge in [-0.15, -0.1) is 0 Å². The van der Waals surface area contributed by atoms with Crippen LogP contribution in [0.5, 0.6) is 5.75 Å². The number of ether oxygens (including phenoxy) is 1. The van der Waals surface area contributed by atoms with Crippen molar-refractivity contribution < 1.29 is 23.5 Å². The van der Waals surface area contributed by atoms with Gasteiger partial charge in [-0.25, -0.2) is 0 Å². The minimum atomic E-state index is -2.32. The lowest BCUT2D eigenvalue weighted by atomic mass is 10.2. The summed E-state index contributed by atoms with van der Waals surface area (Å²) < 4.78 is 26.0. The number of nitro benzene ring substituents is 1. The van der Waals surface area contributed by atoms with E-state index in [1.165, 1.54) is 12.1 Å². The molecule has 0 amide bonds.